The molecule has 4 aromatic rings. The zero-order chi connectivity index (χ0) is 17.5. The Morgan fingerprint density at radius 1 is 0.846 bits per heavy atom. The molecule has 1 fully saturated rings. The maximum atomic E-state index is 12.8. The number of hydrogen-bond donors (Lipinski definition) is 0. The molecule has 0 radical (unpaired) electrons. The standard InChI is InChI=1S/C22H21N3O/c26-22(23-12-6-7-13-23)16-25-20-11-5-4-10-19(20)24-15-18(14-21(24)25)17-8-2-1-3-9-17/h1-5,8-11,14-15H,6-7,12-13,16H2. The average molecular weight is 343 g/mol. The third kappa shape index (κ3) is 2.41. The van der Waals surface area contributed by atoms with E-state index in [1.54, 1.807) is 0 Å². The van der Waals surface area contributed by atoms with Gasteiger partial charge in [-0.25, -0.2) is 0 Å². The Morgan fingerprint density at radius 3 is 2.31 bits per heavy atom. The first-order valence-corrected chi connectivity index (χ1v) is 9.24. The molecule has 1 amide bonds. The Labute approximate surface area is 152 Å². The number of fused-ring (bicyclic) bond motifs is 3. The fraction of sp³-hybridized carbons (Fsp3) is 0.227. The fourth-order valence-electron chi connectivity index (χ4n) is 4.03. The Balaban J connectivity index is 1.64. The quantitative estimate of drug-likeness (QED) is 0.549. The van der Waals surface area contributed by atoms with E-state index in [1.807, 2.05) is 17.0 Å². The van der Waals surface area contributed by atoms with Gasteiger partial charge in [0.1, 0.15) is 12.2 Å². The Hall–Kier alpha value is -3.01. The molecule has 0 N–H and O–H groups in total. The van der Waals surface area contributed by atoms with Gasteiger partial charge in [0, 0.05) is 24.8 Å². The van der Waals surface area contributed by atoms with Crippen molar-refractivity contribution in [3.8, 4) is 11.1 Å². The second-order valence-electron chi connectivity index (χ2n) is 6.99. The third-order valence-electron chi connectivity index (χ3n) is 5.37. The van der Waals surface area contributed by atoms with Crippen molar-refractivity contribution in [2.24, 2.45) is 0 Å². The van der Waals surface area contributed by atoms with Gasteiger partial charge >= 0.3 is 0 Å². The number of likely N-dealkylation sites (tertiary alicyclic amines) is 1. The summed E-state index contributed by atoms with van der Waals surface area (Å²) in [5, 5.41) is 0. The van der Waals surface area contributed by atoms with E-state index < -0.39 is 0 Å². The van der Waals surface area contributed by atoms with Crippen LogP contribution in [0.1, 0.15) is 12.8 Å². The summed E-state index contributed by atoms with van der Waals surface area (Å²) >= 11 is 0. The molecule has 1 aliphatic heterocycles. The zero-order valence-corrected chi connectivity index (χ0v) is 14.6. The third-order valence-corrected chi connectivity index (χ3v) is 5.37. The van der Waals surface area contributed by atoms with E-state index in [9.17, 15) is 4.79 Å². The Kier molecular flexibility index (Phi) is 3.56. The van der Waals surface area contributed by atoms with E-state index in [2.05, 4.69) is 63.7 Å². The fourth-order valence-corrected chi connectivity index (χ4v) is 4.03. The van der Waals surface area contributed by atoms with Gasteiger partial charge in [0.2, 0.25) is 5.91 Å². The van der Waals surface area contributed by atoms with Gasteiger partial charge in [0.15, 0.2) is 0 Å². The maximum absolute atomic E-state index is 12.8. The number of hydrogen-bond acceptors (Lipinski definition) is 1. The second-order valence-corrected chi connectivity index (χ2v) is 6.99. The van der Waals surface area contributed by atoms with Crippen LogP contribution in [0.2, 0.25) is 0 Å². The van der Waals surface area contributed by atoms with Gasteiger partial charge in [0.25, 0.3) is 0 Å². The molecule has 4 nitrogen and oxygen atoms in total. The highest BCUT2D eigenvalue weighted by Crippen LogP contribution is 2.28. The Morgan fingerprint density at radius 2 is 1.54 bits per heavy atom. The van der Waals surface area contributed by atoms with Crippen LogP contribution in [-0.2, 0) is 11.3 Å². The van der Waals surface area contributed by atoms with Gasteiger partial charge in [-0.1, -0.05) is 42.5 Å². The van der Waals surface area contributed by atoms with Crippen LogP contribution in [0.15, 0.2) is 66.9 Å². The molecule has 1 aliphatic rings. The van der Waals surface area contributed by atoms with Gasteiger partial charge in [-0.3, -0.25) is 4.79 Å². The molecule has 0 bridgehead atoms. The number of nitrogens with zero attached hydrogens (tertiary/aromatic N) is 3. The molecule has 3 heterocycles. The monoisotopic (exact) mass is 343 g/mol. The molecule has 2 aromatic carbocycles. The van der Waals surface area contributed by atoms with Gasteiger partial charge in [-0.15, -0.1) is 0 Å². The number of para-hydroxylation sites is 2. The second kappa shape index (κ2) is 6.06. The molecule has 26 heavy (non-hydrogen) atoms. The van der Waals surface area contributed by atoms with Gasteiger partial charge < -0.3 is 13.9 Å². The molecular weight excluding hydrogens is 322 g/mol. The van der Waals surface area contributed by atoms with Crippen LogP contribution in [0.4, 0.5) is 0 Å². The molecule has 0 unspecified atom stereocenters. The molecule has 0 saturated carbocycles. The van der Waals surface area contributed by atoms with Crippen LogP contribution in [0.5, 0.6) is 0 Å². The van der Waals surface area contributed by atoms with Crippen molar-refractivity contribution in [3.63, 3.8) is 0 Å². The lowest BCUT2D eigenvalue weighted by Gasteiger charge is -2.16. The molecule has 0 atom stereocenters. The highest BCUT2D eigenvalue weighted by molar-refractivity contribution is 5.87. The SMILES string of the molecule is O=C(Cn1c2ccccc2n2cc(-c3ccccc3)cc12)N1CCCC1. The van der Waals surface area contributed by atoms with E-state index in [0.29, 0.717) is 6.54 Å². The molecule has 0 aliphatic carbocycles. The van der Waals surface area contributed by atoms with Crippen molar-refractivity contribution in [1.82, 2.24) is 13.9 Å². The highest BCUT2D eigenvalue weighted by atomic mass is 16.2. The summed E-state index contributed by atoms with van der Waals surface area (Å²) in [6.45, 7) is 2.18. The number of aromatic nitrogens is 2. The summed E-state index contributed by atoms with van der Waals surface area (Å²) in [5.41, 5.74) is 5.68. The molecule has 2 aromatic heterocycles. The summed E-state index contributed by atoms with van der Waals surface area (Å²) in [5.74, 6) is 0.216. The number of rotatable bonds is 3. The number of carbonyl (C=O) groups is 1. The summed E-state index contributed by atoms with van der Waals surface area (Å²) in [7, 11) is 0. The normalized spacial score (nSPS) is 14.5. The van der Waals surface area contributed by atoms with Crippen molar-refractivity contribution < 1.29 is 4.79 Å². The predicted octanol–water partition coefficient (Wildman–Crippen LogP) is 4.18. The lowest BCUT2D eigenvalue weighted by Crippen LogP contribution is -2.30. The topological polar surface area (TPSA) is 29.6 Å². The van der Waals surface area contributed by atoms with Gasteiger partial charge in [0.05, 0.1) is 11.0 Å². The van der Waals surface area contributed by atoms with Gasteiger partial charge in [-0.05, 0) is 36.6 Å². The van der Waals surface area contributed by atoms with E-state index in [1.165, 1.54) is 11.1 Å². The maximum Gasteiger partial charge on any atom is 0.242 e. The van der Waals surface area contributed by atoms with Crippen LogP contribution < -0.4 is 0 Å². The van der Waals surface area contributed by atoms with Crippen LogP contribution in [0.3, 0.4) is 0 Å². The summed E-state index contributed by atoms with van der Waals surface area (Å²) < 4.78 is 4.36. The number of imidazole rings is 1. The van der Waals surface area contributed by atoms with E-state index >= 15 is 0 Å². The number of carbonyl (C=O) groups excluding carboxylic acids is 1. The first-order valence-electron chi connectivity index (χ1n) is 9.24. The number of amides is 1. The molecular formula is C22H21N3O. The minimum absolute atomic E-state index is 0.216. The van der Waals surface area contributed by atoms with Crippen LogP contribution in [0, 0.1) is 0 Å². The minimum atomic E-state index is 0.216. The first kappa shape index (κ1) is 15.3. The summed E-state index contributed by atoms with van der Waals surface area (Å²) in [4.78, 5) is 14.8. The van der Waals surface area contributed by atoms with E-state index in [-0.39, 0.29) is 5.91 Å². The van der Waals surface area contributed by atoms with Gasteiger partial charge in [-0.2, -0.15) is 0 Å². The Bertz CT molecular complexity index is 1080. The smallest absolute Gasteiger partial charge is 0.242 e. The molecule has 4 heteroatoms. The highest BCUT2D eigenvalue weighted by Gasteiger charge is 2.21. The van der Waals surface area contributed by atoms with Crippen molar-refractivity contribution in [3.05, 3.63) is 66.9 Å². The van der Waals surface area contributed by atoms with Crippen molar-refractivity contribution >= 4 is 22.6 Å². The predicted molar refractivity (Wildman–Crippen MR) is 104 cm³/mol. The van der Waals surface area contributed by atoms with E-state index in [4.69, 9.17) is 0 Å². The lowest BCUT2D eigenvalue weighted by molar-refractivity contribution is -0.130. The number of benzene rings is 2. The lowest BCUT2D eigenvalue weighted by atomic mass is 10.1. The van der Waals surface area contributed by atoms with Crippen LogP contribution >= 0.6 is 0 Å². The molecule has 5 rings (SSSR count). The first-order chi connectivity index (χ1) is 12.8. The molecule has 0 spiro atoms. The van der Waals surface area contributed by atoms with Crippen molar-refractivity contribution in [2.75, 3.05) is 13.1 Å². The summed E-state index contributed by atoms with van der Waals surface area (Å²) in [6, 6.07) is 20.9. The zero-order valence-electron chi connectivity index (χ0n) is 14.6. The minimum Gasteiger partial charge on any atom is -0.341 e. The van der Waals surface area contributed by atoms with Crippen molar-refractivity contribution in [1.29, 1.82) is 0 Å². The summed E-state index contributed by atoms with van der Waals surface area (Å²) in [6.07, 6.45) is 4.41. The van der Waals surface area contributed by atoms with Crippen molar-refractivity contribution in [2.45, 2.75) is 19.4 Å². The molecule has 130 valence electrons. The molecule has 1 saturated heterocycles. The van der Waals surface area contributed by atoms with Crippen LogP contribution in [0.25, 0.3) is 27.8 Å². The largest absolute Gasteiger partial charge is 0.341 e. The van der Waals surface area contributed by atoms with Crippen LogP contribution in [-0.4, -0.2) is 32.9 Å². The van der Waals surface area contributed by atoms with E-state index in [0.717, 1.165) is 42.6 Å². The average Bonchev–Trinajstić information content (AvgIpc) is 3.40.